The van der Waals surface area contributed by atoms with Crippen LogP contribution in [0.1, 0.15) is 37.8 Å². The van der Waals surface area contributed by atoms with E-state index in [1.807, 2.05) is 0 Å². The van der Waals surface area contributed by atoms with Crippen LogP contribution in [-0.2, 0) is 6.42 Å². The van der Waals surface area contributed by atoms with E-state index in [0.29, 0.717) is 18.1 Å². The van der Waals surface area contributed by atoms with E-state index >= 15 is 0 Å². The van der Waals surface area contributed by atoms with E-state index in [1.54, 1.807) is 0 Å². The van der Waals surface area contributed by atoms with Crippen molar-refractivity contribution >= 4 is 0 Å². The molecule has 18 heavy (non-hydrogen) atoms. The zero-order valence-electron chi connectivity index (χ0n) is 12.0. The molecule has 1 aromatic carbocycles. The lowest BCUT2D eigenvalue weighted by atomic mass is 9.92. The molecule has 1 aliphatic rings. The highest BCUT2D eigenvalue weighted by Gasteiger charge is 2.26. The fraction of sp³-hybridized carbons (Fsp3) is 0.625. The average molecular weight is 247 g/mol. The fourth-order valence-corrected chi connectivity index (χ4v) is 3.05. The van der Waals surface area contributed by atoms with Crippen molar-refractivity contribution in [3.8, 4) is 5.75 Å². The van der Waals surface area contributed by atoms with E-state index < -0.39 is 0 Å². The van der Waals surface area contributed by atoms with Gasteiger partial charge in [0.15, 0.2) is 0 Å². The Morgan fingerprint density at radius 1 is 1.44 bits per heavy atom. The summed E-state index contributed by atoms with van der Waals surface area (Å²) in [5.74, 6) is 1.75. The van der Waals surface area contributed by atoms with Crippen molar-refractivity contribution in [1.29, 1.82) is 0 Å². The second-order valence-electron chi connectivity index (χ2n) is 5.57. The van der Waals surface area contributed by atoms with Crippen molar-refractivity contribution < 1.29 is 4.74 Å². The molecule has 1 N–H and O–H groups in total. The first kappa shape index (κ1) is 13.4. The predicted octanol–water partition coefficient (Wildman–Crippen LogP) is 3.32. The van der Waals surface area contributed by atoms with Gasteiger partial charge in [-0.25, -0.2) is 0 Å². The number of aryl methyl sites for hydroxylation is 1. The van der Waals surface area contributed by atoms with Crippen LogP contribution in [0.25, 0.3) is 0 Å². The van der Waals surface area contributed by atoms with Gasteiger partial charge in [-0.15, -0.1) is 0 Å². The highest BCUT2D eigenvalue weighted by molar-refractivity contribution is 5.40. The molecule has 1 aliphatic heterocycles. The van der Waals surface area contributed by atoms with Gasteiger partial charge in [0.25, 0.3) is 0 Å². The lowest BCUT2D eigenvalue weighted by Gasteiger charge is -2.24. The van der Waals surface area contributed by atoms with Gasteiger partial charge in [-0.2, -0.15) is 0 Å². The maximum Gasteiger partial charge on any atom is 0.123 e. The minimum atomic E-state index is 0.360. The van der Waals surface area contributed by atoms with Crippen molar-refractivity contribution in [2.45, 2.75) is 52.2 Å². The number of hydrogen-bond donors (Lipinski definition) is 1. The summed E-state index contributed by atoms with van der Waals surface area (Å²) in [5, 5.41) is 3.40. The Kier molecular flexibility index (Phi) is 4.28. The number of fused-ring (bicyclic) bond motifs is 1. The Morgan fingerprint density at radius 3 is 2.89 bits per heavy atom. The van der Waals surface area contributed by atoms with Crippen LogP contribution in [0.3, 0.4) is 0 Å². The molecule has 0 aliphatic carbocycles. The Labute approximate surface area is 111 Å². The first-order valence-electron chi connectivity index (χ1n) is 7.07. The van der Waals surface area contributed by atoms with Gasteiger partial charge in [-0.3, -0.25) is 0 Å². The number of ether oxygens (including phenoxy) is 1. The highest BCUT2D eigenvalue weighted by Crippen LogP contribution is 2.32. The maximum absolute atomic E-state index is 6.04. The van der Waals surface area contributed by atoms with Crippen LogP contribution in [0.5, 0.6) is 5.75 Å². The lowest BCUT2D eigenvalue weighted by Crippen LogP contribution is -2.34. The zero-order chi connectivity index (χ0) is 13.1. The first-order chi connectivity index (χ1) is 8.63. The molecule has 2 heteroatoms. The average Bonchev–Trinajstić information content (AvgIpc) is 2.71. The summed E-state index contributed by atoms with van der Waals surface area (Å²) in [7, 11) is 2.05. The van der Waals surface area contributed by atoms with E-state index in [9.17, 15) is 0 Å². The minimum Gasteiger partial charge on any atom is -0.490 e. The normalized spacial score (nSPS) is 21.2. The summed E-state index contributed by atoms with van der Waals surface area (Å²) >= 11 is 0. The number of benzene rings is 1. The van der Waals surface area contributed by atoms with E-state index in [2.05, 4.69) is 51.3 Å². The van der Waals surface area contributed by atoms with Crippen molar-refractivity contribution in [2.75, 3.05) is 7.05 Å². The molecule has 0 saturated heterocycles. The van der Waals surface area contributed by atoms with Crippen LogP contribution in [0.2, 0.25) is 0 Å². The van der Waals surface area contributed by atoms with E-state index in [0.717, 1.165) is 18.6 Å². The third-order valence-corrected chi connectivity index (χ3v) is 4.09. The van der Waals surface area contributed by atoms with E-state index in [-0.39, 0.29) is 0 Å². The molecule has 2 rings (SSSR count). The van der Waals surface area contributed by atoms with Crippen LogP contribution in [0.4, 0.5) is 0 Å². The van der Waals surface area contributed by atoms with Gasteiger partial charge in [0, 0.05) is 12.5 Å². The van der Waals surface area contributed by atoms with Gasteiger partial charge in [0.2, 0.25) is 0 Å². The molecule has 0 bridgehead atoms. The lowest BCUT2D eigenvalue weighted by molar-refractivity contribution is 0.182. The van der Waals surface area contributed by atoms with Crippen LogP contribution in [0.15, 0.2) is 18.2 Å². The zero-order valence-corrected chi connectivity index (χ0v) is 12.0. The molecule has 0 radical (unpaired) electrons. The summed E-state index contributed by atoms with van der Waals surface area (Å²) in [5.41, 5.74) is 2.71. The topological polar surface area (TPSA) is 21.3 Å². The Morgan fingerprint density at radius 2 is 2.22 bits per heavy atom. The van der Waals surface area contributed by atoms with Gasteiger partial charge in [-0.1, -0.05) is 31.5 Å². The summed E-state index contributed by atoms with van der Waals surface area (Å²) in [6, 6.07) is 7.10. The van der Waals surface area contributed by atoms with Crippen LogP contribution < -0.4 is 10.1 Å². The molecule has 100 valence electrons. The summed E-state index contributed by atoms with van der Waals surface area (Å²) in [4.78, 5) is 0. The SMILES string of the molecule is CCC(NC)C(C)CC1Cc2cc(C)ccc2O1. The molecule has 0 fully saturated rings. The van der Waals surface area contributed by atoms with Crippen LogP contribution >= 0.6 is 0 Å². The predicted molar refractivity (Wildman–Crippen MR) is 76.2 cm³/mol. The monoisotopic (exact) mass is 247 g/mol. The Bertz CT molecular complexity index is 398. The molecule has 0 aromatic heterocycles. The second-order valence-corrected chi connectivity index (χ2v) is 5.57. The first-order valence-corrected chi connectivity index (χ1v) is 7.07. The molecule has 1 heterocycles. The Balaban J connectivity index is 1.95. The van der Waals surface area contributed by atoms with Gasteiger partial charge in [-0.05, 0) is 44.4 Å². The molecular formula is C16H25NO. The molecule has 0 spiro atoms. The molecule has 3 atom stereocenters. The van der Waals surface area contributed by atoms with E-state index in [1.165, 1.54) is 17.5 Å². The standard InChI is InChI=1S/C16H25NO/c1-5-15(17-4)12(3)9-14-10-13-8-11(2)6-7-16(13)18-14/h6-8,12,14-15,17H,5,9-10H2,1-4H3. The quantitative estimate of drug-likeness (QED) is 0.862. The third kappa shape index (κ3) is 2.86. The Hall–Kier alpha value is -1.02. The van der Waals surface area contributed by atoms with Gasteiger partial charge in [0.1, 0.15) is 11.9 Å². The van der Waals surface area contributed by atoms with Gasteiger partial charge < -0.3 is 10.1 Å². The largest absolute Gasteiger partial charge is 0.490 e. The number of hydrogen-bond acceptors (Lipinski definition) is 2. The summed E-state index contributed by atoms with van der Waals surface area (Å²) < 4.78 is 6.04. The fourth-order valence-electron chi connectivity index (χ4n) is 3.05. The van der Waals surface area contributed by atoms with Crippen LogP contribution in [-0.4, -0.2) is 19.2 Å². The van der Waals surface area contributed by atoms with Crippen molar-refractivity contribution in [3.63, 3.8) is 0 Å². The third-order valence-electron chi connectivity index (χ3n) is 4.09. The molecule has 1 aromatic rings. The maximum atomic E-state index is 6.04. The van der Waals surface area contributed by atoms with E-state index in [4.69, 9.17) is 4.74 Å². The summed E-state index contributed by atoms with van der Waals surface area (Å²) in [6.45, 7) is 6.71. The minimum absolute atomic E-state index is 0.360. The molecular weight excluding hydrogens is 222 g/mol. The summed E-state index contributed by atoms with van der Waals surface area (Å²) in [6.07, 6.45) is 3.74. The number of rotatable bonds is 5. The molecule has 3 unspecified atom stereocenters. The number of nitrogens with one attached hydrogen (secondary N) is 1. The highest BCUT2D eigenvalue weighted by atomic mass is 16.5. The second kappa shape index (κ2) is 5.75. The smallest absolute Gasteiger partial charge is 0.123 e. The van der Waals surface area contributed by atoms with Crippen molar-refractivity contribution in [1.82, 2.24) is 5.32 Å². The van der Waals surface area contributed by atoms with Crippen molar-refractivity contribution in [2.24, 2.45) is 5.92 Å². The van der Waals surface area contributed by atoms with Gasteiger partial charge >= 0.3 is 0 Å². The molecule has 0 amide bonds. The van der Waals surface area contributed by atoms with Gasteiger partial charge in [0.05, 0.1) is 0 Å². The van der Waals surface area contributed by atoms with Crippen molar-refractivity contribution in [3.05, 3.63) is 29.3 Å². The van der Waals surface area contributed by atoms with Crippen LogP contribution in [0, 0.1) is 12.8 Å². The molecule has 0 saturated carbocycles. The molecule has 2 nitrogen and oxygen atoms in total.